The maximum absolute atomic E-state index is 9.57. The highest BCUT2D eigenvalue weighted by Gasteiger charge is 2.00. The van der Waals surface area contributed by atoms with Crippen LogP contribution in [0.15, 0.2) is 0 Å². The molecule has 0 aromatic carbocycles. The minimum atomic E-state index is -0.968. The number of carboxylic acids is 5. The van der Waals surface area contributed by atoms with Crippen molar-refractivity contribution in [2.45, 2.75) is 25.9 Å². The Hall–Kier alpha value is -2.85. The van der Waals surface area contributed by atoms with Crippen LogP contribution in [0.3, 0.4) is 0 Å². The summed E-state index contributed by atoms with van der Waals surface area (Å²) in [6.45, 7) is 2.00. The largest absolute Gasteiger partial charge is 0.480 e. The third kappa shape index (κ3) is 83.3. The van der Waals surface area contributed by atoms with Crippen molar-refractivity contribution in [3.8, 4) is 0 Å². The first-order valence-electron chi connectivity index (χ1n) is 6.82. The molecule has 15 N–H and O–H groups in total. The van der Waals surface area contributed by atoms with Crippen LogP contribution in [0.25, 0.3) is 0 Å². The molecule has 0 heterocycles. The number of aliphatic carboxylic acids is 5. The molecule has 0 fully saturated rings. The molecule has 0 aromatic heterocycles. The molecular weight excluding hydrogens is 374 g/mol. The summed E-state index contributed by atoms with van der Waals surface area (Å²) in [6, 6.07) is -1.46. The average molecular weight is 403 g/mol. The highest BCUT2D eigenvalue weighted by Crippen LogP contribution is 1.68. The van der Waals surface area contributed by atoms with E-state index in [4.69, 9.17) is 37.0 Å². The van der Waals surface area contributed by atoms with Gasteiger partial charge in [-0.2, -0.15) is 0 Å². The summed E-state index contributed by atoms with van der Waals surface area (Å²) in [5.74, 6) is -4.83. The molecule has 0 unspecified atom stereocenters. The number of nitrogens with two attached hydrogens (primary N) is 5. The lowest BCUT2D eigenvalue weighted by Gasteiger charge is -1.90. The summed E-state index contributed by atoms with van der Waals surface area (Å²) in [5, 5.41) is 38.5. The van der Waals surface area contributed by atoms with Crippen LogP contribution >= 0.6 is 0 Å². The molecule has 0 aliphatic rings. The summed E-state index contributed by atoms with van der Waals surface area (Å²) >= 11 is 0. The van der Waals surface area contributed by atoms with Crippen molar-refractivity contribution in [2.75, 3.05) is 19.6 Å². The summed E-state index contributed by atoms with van der Waals surface area (Å²) in [4.78, 5) is 46.9. The number of carbonyl (C=O) groups is 5. The van der Waals surface area contributed by atoms with Crippen molar-refractivity contribution in [1.82, 2.24) is 0 Å². The van der Waals surface area contributed by atoms with Crippen molar-refractivity contribution >= 4 is 29.8 Å². The standard InChI is InChI=1S/2C3H7NO2.3C2H5NO2/c2*1-2(4)3(5)6;3*3-1-2(4)5/h2*2H,4H2,1H3,(H,5,6);3*1,3H2,(H,4,5)/t2*2-;;;/m00.../s1. The van der Waals surface area contributed by atoms with E-state index in [-0.39, 0.29) is 19.6 Å². The van der Waals surface area contributed by atoms with Gasteiger partial charge in [0.25, 0.3) is 0 Å². The Morgan fingerprint density at radius 1 is 0.593 bits per heavy atom. The van der Waals surface area contributed by atoms with Crippen LogP contribution in [0.2, 0.25) is 0 Å². The molecule has 0 aliphatic carbocycles. The second kappa shape index (κ2) is 25.4. The van der Waals surface area contributed by atoms with E-state index < -0.39 is 41.9 Å². The van der Waals surface area contributed by atoms with Crippen molar-refractivity contribution in [3.63, 3.8) is 0 Å². The zero-order chi connectivity index (χ0) is 23.2. The topological polar surface area (TPSA) is 317 Å². The minimum Gasteiger partial charge on any atom is -0.480 e. The smallest absolute Gasteiger partial charge is 0.320 e. The fourth-order valence-electron chi connectivity index (χ4n) is 0. The van der Waals surface area contributed by atoms with Crippen LogP contribution in [0.5, 0.6) is 0 Å². The Kier molecular flexibility index (Phi) is 33.2. The van der Waals surface area contributed by atoms with Gasteiger partial charge in [0.15, 0.2) is 0 Å². The summed E-state index contributed by atoms with van der Waals surface area (Å²) in [6.07, 6.45) is 0. The van der Waals surface area contributed by atoms with E-state index in [1.807, 2.05) is 0 Å². The van der Waals surface area contributed by atoms with E-state index in [2.05, 4.69) is 17.2 Å². The number of hydrogen-bond donors (Lipinski definition) is 10. The monoisotopic (exact) mass is 403 g/mol. The lowest BCUT2D eigenvalue weighted by Crippen LogP contribution is -2.25. The SMILES string of the molecule is C[C@H](N)C(=O)O.C[C@H](N)C(=O)O.NCC(=O)O.NCC(=O)O.NCC(=O)O. The van der Waals surface area contributed by atoms with E-state index >= 15 is 0 Å². The van der Waals surface area contributed by atoms with E-state index in [1.54, 1.807) is 0 Å². The fourth-order valence-corrected chi connectivity index (χ4v) is 0. The van der Waals surface area contributed by atoms with Gasteiger partial charge in [0.05, 0.1) is 19.6 Å². The van der Waals surface area contributed by atoms with Gasteiger partial charge in [0, 0.05) is 0 Å². The van der Waals surface area contributed by atoms with E-state index in [1.165, 1.54) is 13.8 Å². The summed E-state index contributed by atoms with van der Waals surface area (Å²) in [5.41, 5.74) is 23.4. The molecule has 0 aliphatic heterocycles. The van der Waals surface area contributed by atoms with Crippen LogP contribution in [0, 0.1) is 0 Å². The van der Waals surface area contributed by atoms with Gasteiger partial charge in [0.2, 0.25) is 0 Å². The molecule has 0 spiro atoms. The Morgan fingerprint density at radius 2 is 0.667 bits per heavy atom. The molecule has 27 heavy (non-hydrogen) atoms. The molecule has 15 heteroatoms. The molecule has 15 nitrogen and oxygen atoms in total. The van der Waals surface area contributed by atoms with Gasteiger partial charge in [-0.15, -0.1) is 0 Å². The number of rotatable bonds is 5. The Morgan fingerprint density at radius 3 is 0.667 bits per heavy atom. The van der Waals surface area contributed by atoms with E-state index in [9.17, 15) is 24.0 Å². The van der Waals surface area contributed by atoms with Crippen LogP contribution in [0.4, 0.5) is 0 Å². The second-order valence-corrected chi connectivity index (χ2v) is 4.05. The molecule has 0 saturated carbocycles. The second-order valence-electron chi connectivity index (χ2n) is 4.05. The molecule has 0 rings (SSSR count). The number of hydrogen-bond acceptors (Lipinski definition) is 10. The Labute approximate surface area is 154 Å². The third-order valence-electron chi connectivity index (χ3n) is 1.30. The van der Waals surface area contributed by atoms with E-state index in [0.29, 0.717) is 0 Å². The molecule has 162 valence electrons. The van der Waals surface area contributed by atoms with Crippen LogP contribution in [0.1, 0.15) is 13.8 Å². The van der Waals surface area contributed by atoms with Crippen LogP contribution in [-0.2, 0) is 24.0 Å². The Balaban J connectivity index is -0.0000000749. The molecule has 0 saturated heterocycles. The van der Waals surface area contributed by atoms with Crippen molar-refractivity contribution in [1.29, 1.82) is 0 Å². The Bertz CT molecular complexity index is 378. The number of carboxylic acid groups (broad SMARTS) is 5. The van der Waals surface area contributed by atoms with Crippen molar-refractivity contribution < 1.29 is 49.5 Å². The van der Waals surface area contributed by atoms with Gasteiger partial charge in [-0.3, -0.25) is 24.0 Å². The van der Waals surface area contributed by atoms with Gasteiger partial charge < -0.3 is 54.2 Å². The van der Waals surface area contributed by atoms with E-state index in [0.717, 1.165) is 0 Å². The third-order valence-corrected chi connectivity index (χ3v) is 1.30. The van der Waals surface area contributed by atoms with Gasteiger partial charge in [-0.1, -0.05) is 0 Å². The first kappa shape index (κ1) is 35.3. The predicted molar refractivity (Wildman–Crippen MR) is 92.6 cm³/mol. The predicted octanol–water partition coefficient (Wildman–Crippen LogP) is -4.07. The normalized spacial score (nSPS) is 10.2. The van der Waals surface area contributed by atoms with Gasteiger partial charge >= 0.3 is 29.8 Å². The first-order valence-corrected chi connectivity index (χ1v) is 6.82. The van der Waals surface area contributed by atoms with Crippen LogP contribution < -0.4 is 28.7 Å². The maximum Gasteiger partial charge on any atom is 0.320 e. The van der Waals surface area contributed by atoms with Crippen LogP contribution in [-0.4, -0.2) is 87.1 Å². The van der Waals surface area contributed by atoms with Crippen molar-refractivity contribution in [2.24, 2.45) is 28.7 Å². The first-order chi connectivity index (χ1) is 12.1. The summed E-state index contributed by atoms with van der Waals surface area (Å²) < 4.78 is 0. The molecule has 0 radical (unpaired) electrons. The highest BCUT2D eigenvalue weighted by atomic mass is 16.4. The lowest BCUT2D eigenvalue weighted by molar-refractivity contribution is -0.139. The molecule has 0 amide bonds. The molecule has 2 atom stereocenters. The van der Waals surface area contributed by atoms with Gasteiger partial charge in [-0.25, -0.2) is 0 Å². The quantitative estimate of drug-likeness (QED) is 0.208. The van der Waals surface area contributed by atoms with Crippen molar-refractivity contribution in [3.05, 3.63) is 0 Å². The zero-order valence-corrected chi connectivity index (χ0v) is 14.9. The molecule has 0 aromatic rings. The summed E-state index contributed by atoms with van der Waals surface area (Å²) in [7, 11) is 0. The fraction of sp³-hybridized carbons (Fsp3) is 0.583. The lowest BCUT2D eigenvalue weighted by atomic mass is 10.4. The molecule has 0 bridgehead atoms. The van der Waals surface area contributed by atoms with Gasteiger partial charge in [0.1, 0.15) is 12.1 Å². The molecular formula is C12H29N5O10. The minimum absolute atomic E-state index is 0.278. The zero-order valence-electron chi connectivity index (χ0n) is 14.9. The average Bonchev–Trinajstić information content (AvgIpc) is 2.56. The highest BCUT2D eigenvalue weighted by molar-refractivity contribution is 5.72. The van der Waals surface area contributed by atoms with Gasteiger partial charge in [-0.05, 0) is 13.8 Å². The maximum atomic E-state index is 9.57.